The Morgan fingerprint density at radius 2 is 2.11 bits per heavy atom. The van der Waals surface area contributed by atoms with Crippen molar-refractivity contribution >= 4 is 5.91 Å². The number of carbonyl (C=O) groups excluding carboxylic acids is 1. The van der Waals surface area contributed by atoms with E-state index < -0.39 is 11.9 Å². The normalized spacial score (nSPS) is 17.1. The lowest BCUT2D eigenvalue weighted by Gasteiger charge is -2.29. The van der Waals surface area contributed by atoms with Crippen molar-refractivity contribution in [2.45, 2.75) is 20.0 Å². The predicted octanol–water partition coefficient (Wildman–Crippen LogP) is 1.33. The van der Waals surface area contributed by atoms with E-state index in [1.54, 1.807) is 36.9 Å². The summed E-state index contributed by atoms with van der Waals surface area (Å²) in [7, 11) is 0. The van der Waals surface area contributed by atoms with Gasteiger partial charge in [-0.3, -0.25) is 4.79 Å². The van der Waals surface area contributed by atoms with E-state index >= 15 is 0 Å². The molecule has 104 valence electrons. The topological polar surface area (TPSA) is 41.6 Å². The van der Waals surface area contributed by atoms with Crippen molar-refractivity contribution in [3.8, 4) is 5.75 Å². The maximum Gasteiger partial charge on any atom is 0.263 e. The molecule has 1 unspecified atom stereocenters. The molecule has 1 saturated heterocycles. The van der Waals surface area contributed by atoms with E-state index in [9.17, 15) is 9.18 Å². The van der Waals surface area contributed by atoms with E-state index in [4.69, 9.17) is 4.74 Å². The van der Waals surface area contributed by atoms with Gasteiger partial charge in [0.15, 0.2) is 17.7 Å². The van der Waals surface area contributed by atoms with E-state index in [-0.39, 0.29) is 11.7 Å². The zero-order valence-electron chi connectivity index (χ0n) is 11.3. The summed E-state index contributed by atoms with van der Waals surface area (Å²) in [6.07, 6.45) is -0.672. The van der Waals surface area contributed by atoms with Crippen LogP contribution in [0.2, 0.25) is 0 Å². The lowest BCUT2D eigenvalue weighted by Crippen LogP contribution is -2.50. The monoisotopic (exact) mass is 266 g/mol. The number of hydrogen-bond donors (Lipinski definition) is 1. The minimum absolute atomic E-state index is 0.0950. The first-order valence-corrected chi connectivity index (χ1v) is 6.51. The Labute approximate surface area is 112 Å². The van der Waals surface area contributed by atoms with Gasteiger partial charge in [0, 0.05) is 26.2 Å². The summed E-state index contributed by atoms with van der Waals surface area (Å²) < 4.78 is 19.3. The number of rotatable bonds is 3. The third kappa shape index (κ3) is 3.23. The molecule has 1 aromatic carbocycles. The molecule has 0 bridgehead atoms. The summed E-state index contributed by atoms with van der Waals surface area (Å²) in [6, 6.07) is 4.94. The third-order valence-corrected chi connectivity index (χ3v) is 3.24. The smallest absolute Gasteiger partial charge is 0.263 e. The van der Waals surface area contributed by atoms with Crippen molar-refractivity contribution in [1.29, 1.82) is 0 Å². The fourth-order valence-corrected chi connectivity index (χ4v) is 2.09. The highest BCUT2D eigenvalue weighted by Gasteiger charge is 2.24. The molecule has 4 nitrogen and oxygen atoms in total. The molecule has 1 aliphatic rings. The zero-order valence-corrected chi connectivity index (χ0v) is 11.3. The molecule has 1 atom stereocenters. The summed E-state index contributed by atoms with van der Waals surface area (Å²) in [5.41, 5.74) is 0.513. The van der Waals surface area contributed by atoms with Crippen LogP contribution in [0.5, 0.6) is 5.75 Å². The average Bonchev–Trinajstić information content (AvgIpc) is 2.44. The fraction of sp³-hybridized carbons (Fsp3) is 0.500. The number of piperazine rings is 1. The van der Waals surface area contributed by atoms with E-state index in [1.165, 1.54) is 0 Å². The molecule has 1 fully saturated rings. The van der Waals surface area contributed by atoms with Crippen LogP contribution < -0.4 is 10.1 Å². The van der Waals surface area contributed by atoms with Gasteiger partial charge in [-0.2, -0.15) is 0 Å². The molecule has 1 aromatic rings. The first-order chi connectivity index (χ1) is 9.09. The highest BCUT2D eigenvalue weighted by molar-refractivity contribution is 5.81. The molecule has 0 aliphatic carbocycles. The molecule has 0 aromatic heterocycles. The molecular formula is C14H19FN2O2. The second kappa shape index (κ2) is 6.02. The van der Waals surface area contributed by atoms with E-state index in [0.29, 0.717) is 18.7 Å². The van der Waals surface area contributed by atoms with Gasteiger partial charge in [-0.1, -0.05) is 12.1 Å². The van der Waals surface area contributed by atoms with Gasteiger partial charge in [0.25, 0.3) is 5.91 Å². The van der Waals surface area contributed by atoms with Crippen molar-refractivity contribution < 1.29 is 13.9 Å². The number of aryl methyl sites for hydroxylation is 1. The number of hydrogen-bond acceptors (Lipinski definition) is 3. The maximum atomic E-state index is 13.8. The van der Waals surface area contributed by atoms with Gasteiger partial charge in [0.05, 0.1) is 0 Å². The van der Waals surface area contributed by atoms with Crippen LogP contribution >= 0.6 is 0 Å². The second-order valence-corrected chi connectivity index (χ2v) is 4.72. The molecular weight excluding hydrogens is 247 g/mol. The SMILES string of the molecule is Cc1cccc(OC(C)C(=O)N2CCNCC2)c1F. The molecule has 2 rings (SSSR count). The lowest BCUT2D eigenvalue weighted by atomic mass is 10.2. The highest BCUT2D eigenvalue weighted by atomic mass is 19.1. The summed E-state index contributed by atoms with van der Waals surface area (Å²) in [4.78, 5) is 13.9. The van der Waals surface area contributed by atoms with E-state index in [0.717, 1.165) is 13.1 Å². The van der Waals surface area contributed by atoms with Crippen LogP contribution in [-0.2, 0) is 4.79 Å². The van der Waals surface area contributed by atoms with Crippen molar-refractivity contribution in [3.05, 3.63) is 29.6 Å². The molecule has 0 spiro atoms. The van der Waals surface area contributed by atoms with Crippen LogP contribution in [-0.4, -0.2) is 43.1 Å². The average molecular weight is 266 g/mol. The van der Waals surface area contributed by atoms with Gasteiger partial charge in [-0.05, 0) is 25.5 Å². The first kappa shape index (κ1) is 13.8. The second-order valence-electron chi connectivity index (χ2n) is 4.72. The highest BCUT2D eigenvalue weighted by Crippen LogP contribution is 2.21. The summed E-state index contributed by atoms with van der Waals surface area (Å²) >= 11 is 0. The van der Waals surface area contributed by atoms with Gasteiger partial charge >= 0.3 is 0 Å². The Bertz CT molecular complexity index is 459. The van der Waals surface area contributed by atoms with Gasteiger partial charge in [-0.15, -0.1) is 0 Å². The molecule has 1 amide bonds. The minimum Gasteiger partial charge on any atom is -0.478 e. The van der Waals surface area contributed by atoms with Gasteiger partial charge in [0.2, 0.25) is 0 Å². The molecule has 19 heavy (non-hydrogen) atoms. The van der Waals surface area contributed by atoms with Crippen LogP contribution in [0.3, 0.4) is 0 Å². The van der Waals surface area contributed by atoms with Gasteiger partial charge in [0.1, 0.15) is 0 Å². The fourth-order valence-electron chi connectivity index (χ4n) is 2.09. The van der Waals surface area contributed by atoms with Gasteiger partial charge in [-0.25, -0.2) is 4.39 Å². The number of carbonyl (C=O) groups is 1. The number of nitrogens with zero attached hydrogens (tertiary/aromatic N) is 1. The Kier molecular flexibility index (Phi) is 4.37. The minimum atomic E-state index is -0.672. The molecule has 0 radical (unpaired) electrons. The van der Waals surface area contributed by atoms with E-state index in [1.807, 2.05) is 0 Å². The quantitative estimate of drug-likeness (QED) is 0.897. The number of nitrogens with one attached hydrogen (secondary N) is 1. The molecule has 1 N–H and O–H groups in total. The molecule has 0 saturated carbocycles. The molecule has 1 heterocycles. The summed E-state index contributed by atoms with van der Waals surface area (Å²) in [5.74, 6) is -0.360. The first-order valence-electron chi connectivity index (χ1n) is 6.51. The number of amides is 1. The van der Waals surface area contributed by atoms with Crippen molar-refractivity contribution in [3.63, 3.8) is 0 Å². The third-order valence-electron chi connectivity index (χ3n) is 3.24. The summed E-state index contributed by atoms with van der Waals surface area (Å²) in [6.45, 7) is 6.25. The van der Waals surface area contributed by atoms with Crippen LogP contribution in [0.25, 0.3) is 0 Å². The van der Waals surface area contributed by atoms with Gasteiger partial charge < -0.3 is 15.0 Å². The predicted molar refractivity (Wildman–Crippen MR) is 70.7 cm³/mol. The Morgan fingerprint density at radius 1 is 1.42 bits per heavy atom. The van der Waals surface area contributed by atoms with E-state index in [2.05, 4.69) is 5.32 Å². The van der Waals surface area contributed by atoms with Crippen molar-refractivity contribution in [2.24, 2.45) is 0 Å². The van der Waals surface area contributed by atoms with Crippen LogP contribution in [0, 0.1) is 12.7 Å². The summed E-state index contributed by atoms with van der Waals surface area (Å²) in [5, 5.41) is 3.18. The van der Waals surface area contributed by atoms with Crippen LogP contribution in [0.4, 0.5) is 4.39 Å². The standard InChI is InChI=1S/C14H19FN2O2/c1-10-4-3-5-12(13(10)15)19-11(2)14(18)17-8-6-16-7-9-17/h3-5,11,16H,6-9H2,1-2H3. The Hall–Kier alpha value is -1.62. The largest absolute Gasteiger partial charge is 0.478 e. The van der Waals surface area contributed by atoms with Crippen molar-refractivity contribution in [2.75, 3.05) is 26.2 Å². The van der Waals surface area contributed by atoms with Crippen molar-refractivity contribution in [1.82, 2.24) is 10.2 Å². The zero-order chi connectivity index (χ0) is 13.8. The Morgan fingerprint density at radius 3 is 2.79 bits per heavy atom. The number of ether oxygens (including phenoxy) is 1. The molecule has 1 aliphatic heterocycles. The lowest BCUT2D eigenvalue weighted by molar-refractivity contribution is -0.138. The van der Waals surface area contributed by atoms with Crippen LogP contribution in [0.1, 0.15) is 12.5 Å². The number of benzene rings is 1. The number of halogens is 1. The molecule has 5 heteroatoms. The van der Waals surface area contributed by atoms with Crippen LogP contribution in [0.15, 0.2) is 18.2 Å². The maximum absolute atomic E-state index is 13.8. The Balaban J connectivity index is 2.01.